The lowest BCUT2D eigenvalue weighted by Gasteiger charge is -2.32. The van der Waals surface area contributed by atoms with E-state index in [1.54, 1.807) is 26.0 Å². The maximum atomic E-state index is 12.9. The van der Waals surface area contributed by atoms with Gasteiger partial charge in [-0.2, -0.15) is 0 Å². The fourth-order valence-corrected chi connectivity index (χ4v) is 5.13. The number of rotatable bonds is 7. The Kier molecular flexibility index (Phi) is 7.44. The molecule has 1 aliphatic heterocycles. The van der Waals surface area contributed by atoms with Crippen molar-refractivity contribution in [3.8, 4) is 11.3 Å². The molecule has 10 nitrogen and oxygen atoms in total. The van der Waals surface area contributed by atoms with Crippen molar-refractivity contribution in [3.63, 3.8) is 0 Å². The molecule has 4 rings (SSSR count). The normalized spacial score (nSPS) is 17.1. The predicted octanol–water partition coefficient (Wildman–Crippen LogP) is 5.26. The van der Waals surface area contributed by atoms with Crippen LogP contribution in [-0.2, 0) is 19.1 Å². The quantitative estimate of drug-likeness (QED) is 0.253. The summed E-state index contributed by atoms with van der Waals surface area (Å²) in [6.45, 7) is 3.45. The Bertz CT molecular complexity index is 1430. The Hall–Kier alpha value is -4.38. The standard InChI is InChI=1S/C26H24N4O6S/c1-14-21(24(31)35-3)23(22(15(2)27-14)25(32)36-4)18-7-5-6-8-19(18)28-26-29-20(13-37-26)16-9-11-17(12-10-16)30(33)34/h5-13,21,23H,1-4H3,(H,28,29). The number of nitrogens with zero attached hydrogens (tertiary/aromatic N) is 3. The number of non-ortho nitro benzene ring substituents is 1. The van der Waals surface area contributed by atoms with Crippen LogP contribution in [0.4, 0.5) is 16.5 Å². The van der Waals surface area contributed by atoms with Crippen molar-refractivity contribution in [2.24, 2.45) is 10.9 Å². The molecule has 0 radical (unpaired) electrons. The largest absolute Gasteiger partial charge is 0.468 e. The van der Waals surface area contributed by atoms with E-state index < -0.39 is 28.7 Å². The van der Waals surface area contributed by atoms with Crippen molar-refractivity contribution >= 4 is 45.5 Å². The Labute approximate surface area is 216 Å². The summed E-state index contributed by atoms with van der Waals surface area (Å²) in [7, 11) is 2.59. The number of esters is 2. The molecule has 1 aromatic heterocycles. The molecular formula is C26H24N4O6S. The first-order valence-corrected chi connectivity index (χ1v) is 12.1. The molecule has 190 valence electrons. The summed E-state index contributed by atoms with van der Waals surface area (Å²) in [5, 5.41) is 16.7. The highest BCUT2D eigenvalue weighted by Crippen LogP contribution is 2.43. The number of ether oxygens (including phenoxy) is 2. The fourth-order valence-electron chi connectivity index (χ4n) is 4.40. The molecular weight excluding hydrogens is 496 g/mol. The minimum absolute atomic E-state index is 0.00230. The number of nitrogens with one attached hydrogen (secondary N) is 1. The van der Waals surface area contributed by atoms with Gasteiger partial charge >= 0.3 is 11.9 Å². The van der Waals surface area contributed by atoms with Crippen LogP contribution in [0.15, 0.2) is 70.2 Å². The van der Waals surface area contributed by atoms with Gasteiger partial charge in [0.1, 0.15) is 5.92 Å². The zero-order valence-electron chi connectivity index (χ0n) is 20.6. The third kappa shape index (κ3) is 5.12. The maximum absolute atomic E-state index is 12.9. The molecule has 1 N–H and O–H groups in total. The highest BCUT2D eigenvalue weighted by Gasteiger charge is 2.43. The number of aromatic nitrogens is 1. The Morgan fingerprint density at radius 3 is 2.41 bits per heavy atom. The van der Waals surface area contributed by atoms with Gasteiger partial charge in [-0.15, -0.1) is 11.3 Å². The number of allylic oxidation sites excluding steroid dienone is 1. The molecule has 0 fully saturated rings. The number of thiazole rings is 1. The minimum atomic E-state index is -0.822. The molecule has 2 unspecified atom stereocenters. The molecule has 0 saturated heterocycles. The Morgan fingerprint density at radius 2 is 1.76 bits per heavy atom. The van der Waals surface area contributed by atoms with Crippen molar-refractivity contribution in [2.45, 2.75) is 19.8 Å². The van der Waals surface area contributed by atoms with Gasteiger partial charge in [-0.1, -0.05) is 18.2 Å². The summed E-state index contributed by atoms with van der Waals surface area (Å²) < 4.78 is 10.1. The number of nitro benzene ring substituents is 1. The van der Waals surface area contributed by atoms with E-state index in [2.05, 4.69) is 15.3 Å². The van der Waals surface area contributed by atoms with E-state index in [-0.39, 0.29) is 11.3 Å². The molecule has 2 atom stereocenters. The summed E-state index contributed by atoms with van der Waals surface area (Å²) in [5.41, 5.74) is 4.00. The second-order valence-corrected chi connectivity index (χ2v) is 9.13. The number of hydrogen-bond donors (Lipinski definition) is 1. The fraction of sp³-hybridized carbons (Fsp3) is 0.231. The average Bonchev–Trinajstić information content (AvgIpc) is 3.36. The Balaban J connectivity index is 1.73. The molecule has 0 bridgehead atoms. The number of anilines is 2. The molecule has 37 heavy (non-hydrogen) atoms. The zero-order valence-corrected chi connectivity index (χ0v) is 21.4. The van der Waals surface area contributed by atoms with E-state index in [4.69, 9.17) is 9.47 Å². The first-order chi connectivity index (χ1) is 17.7. The summed E-state index contributed by atoms with van der Waals surface area (Å²) in [5.74, 6) is -2.60. The lowest BCUT2D eigenvalue weighted by Crippen LogP contribution is -2.36. The highest BCUT2D eigenvalue weighted by atomic mass is 32.1. The van der Waals surface area contributed by atoms with Gasteiger partial charge in [0, 0.05) is 46.1 Å². The molecule has 0 amide bonds. The van der Waals surface area contributed by atoms with Crippen LogP contribution in [0.25, 0.3) is 11.3 Å². The van der Waals surface area contributed by atoms with E-state index in [0.717, 1.165) is 5.56 Å². The van der Waals surface area contributed by atoms with Gasteiger partial charge in [0.15, 0.2) is 5.13 Å². The maximum Gasteiger partial charge on any atom is 0.336 e. The van der Waals surface area contributed by atoms with Gasteiger partial charge in [-0.05, 0) is 37.6 Å². The number of carbonyl (C=O) groups excluding carboxylic acids is 2. The van der Waals surface area contributed by atoms with Crippen LogP contribution in [-0.4, -0.2) is 41.8 Å². The number of methoxy groups -OCH3 is 2. The summed E-state index contributed by atoms with van der Waals surface area (Å²) in [6, 6.07) is 13.5. The third-order valence-electron chi connectivity index (χ3n) is 6.10. The summed E-state index contributed by atoms with van der Waals surface area (Å²) >= 11 is 1.35. The lowest BCUT2D eigenvalue weighted by atomic mass is 9.75. The smallest absolute Gasteiger partial charge is 0.336 e. The van der Waals surface area contributed by atoms with Crippen LogP contribution in [0.3, 0.4) is 0 Å². The van der Waals surface area contributed by atoms with E-state index in [1.807, 2.05) is 29.6 Å². The van der Waals surface area contributed by atoms with Crippen molar-refractivity contribution in [2.75, 3.05) is 19.5 Å². The van der Waals surface area contributed by atoms with Crippen LogP contribution in [0.5, 0.6) is 0 Å². The SMILES string of the molecule is COC(=O)C1=C(C)N=C(C)C(C(=O)OC)C1c1ccccc1Nc1nc(-c2ccc([N+](=O)[O-])cc2)cs1. The van der Waals surface area contributed by atoms with Crippen molar-refractivity contribution in [3.05, 3.63) is 80.9 Å². The van der Waals surface area contributed by atoms with E-state index in [0.29, 0.717) is 33.5 Å². The highest BCUT2D eigenvalue weighted by molar-refractivity contribution is 7.14. The minimum Gasteiger partial charge on any atom is -0.468 e. The molecule has 0 aliphatic carbocycles. The van der Waals surface area contributed by atoms with Gasteiger partial charge in [-0.25, -0.2) is 9.78 Å². The van der Waals surface area contributed by atoms with Crippen molar-refractivity contribution < 1.29 is 24.0 Å². The Morgan fingerprint density at radius 1 is 1.05 bits per heavy atom. The number of hydrogen-bond acceptors (Lipinski definition) is 10. The van der Waals surface area contributed by atoms with Gasteiger partial charge in [0.2, 0.25) is 0 Å². The van der Waals surface area contributed by atoms with Gasteiger partial charge in [0.25, 0.3) is 5.69 Å². The van der Waals surface area contributed by atoms with E-state index >= 15 is 0 Å². The van der Waals surface area contributed by atoms with Crippen LogP contribution < -0.4 is 5.32 Å². The monoisotopic (exact) mass is 520 g/mol. The number of nitro groups is 1. The van der Waals surface area contributed by atoms with E-state index in [9.17, 15) is 19.7 Å². The molecule has 11 heteroatoms. The third-order valence-corrected chi connectivity index (χ3v) is 6.86. The number of carbonyl (C=O) groups is 2. The second-order valence-electron chi connectivity index (χ2n) is 8.28. The van der Waals surface area contributed by atoms with Crippen LogP contribution >= 0.6 is 11.3 Å². The summed E-state index contributed by atoms with van der Waals surface area (Å²) in [4.78, 5) is 45.3. The summed E-state index contributed by atoms with van der Waals surface area (Å²) in [6.07, 6.45) is 0. The second kappa shape index (κ2) is 10.7. The average molecular weight is 521 g/mol. The molecule has 2 heterocycles. The molecule has 3 aromatic rings. The van der Waals surface area contributed by atoms with Gasteiger partial charge in [0.05, 0.1) is 30.4 Å². The van der Waals surface area contributed by atoms with Crippen LogP contribution in [0.1, 0.15) is 25.3 Å². The molecule has 0 saturated carbocycles. The topological polar surface area (TPSA) is 133 Å². The number of aliphatic imine (C=N–C) groups is 1. The predicted molar refractivity (Wildman–Crippen MR) is 140 cm³/mol. The van der Waals surface area contributed by atoms with Crippen LogP contribution in [0, 0.1) is 16.0 Å². The number of para-hydroxylation sites is 1. The van der Waals surface area contributed by atoms with Crippen molar-refractivity contribution in [1.29, 1.82) is 0 Å². The van der Waals surface area contributed by atoms with Crippen molar-refractivity contribution in [1.82, 2.24) is 4.98 Å². The lowest BCUT2D eigenvalue weighted by molar-refractivity contribution is -0.384. The van der Waals surface area contributed by atoms with Gasteiger partial charge in [-0.3, -0.25) is 19.9 Å². The molecule has 2 aromatic carbocycles. The van der Waals surface area contributed by atoms with E-state index in [1.165, 1.54) is 37.7 Å². The first kappa shape index (κ1) is 25.7. The molecule has 0 spiro atoms. The first-order valence-electron chi connectivity index (χ1n) is 11.2. The van der Waals surface area contributed by atoms with Gasteiger partial charge < -0.3 is 14.8 Å². The number of benzene rings is 2. The molecule has 1 aliphatic rings. The zero-order chi connectivity index (χ0) is 26.7. The van der Waals surface area contributed by atoms with Crippen LogP contribution in [0.2, 0.25) is 0 Å².